The average molecular weight is 322 g/mol. The van der Waals surface area contributed by atoms with Crippen molar-refractivity contribution in [3.63, 3.8) is 0 Å². The van der Waals surface area contributed by atoms with Gasteiger partial charge in [0.2, 0.25) is 5.91 Å². The maximum Gasteiger partial charge on any atom is 0.259 e. The van der Waals surface area contributed by atoms with E-state index in [4.69, 9.17) is 0 Å². The molecular weight excluding hydrogens is 308 g/mol. The first kappa shape index (κ1) is 15.5. The number of aliphatic hydroxyl groups is 1. The Morgan fingerprint density at radius 1 is 1.12 bits per heavy atom. The Kier molecular flexibility index (Phi) is 3.87. The highest BCUT2D eigenvalue weighted by molar-refractivity contribution is 6.31. The van der Waals surface area contributed by atoms with Crippen molar-refractivity contribution >= 4 is 34.5 Å². The molecule has 0 aromatic heterocycles. The van der Waals surface area contributed by atoms with Crippen LogP contribution in [0.2, 0.25) is 0 Å². The van der Waals surface area contributed by atoms with Crippen LogP contribution in [0.1, 0.15) is 28.4 Å². The fourth-order valence-electron chi connectivity index (χ4n) is 2.57. The topological polar surface area (TPSA) is 95.5 Å². The number of fused-ring (bicyclic) bond motifs is 1. The van der Waals surface area contributed by atoms with E-state index in [0.717, 1.165) is 6.26 Å². The van der Waals surface area contributed by atoms with Crippen LogP contribution >= 0.6 is 0 Å². The Balaban J connectivity index is 1.96. The molecule has 0 radical (unpaired) electrons. The summed E-state index contributed by atoms with van der Waals surface area (Å²) in [6.07, 6.45) is 0.729. The molecule has 6 heteroatoms. The van der Waals surface area contributed by atoms with Crippen LogP contribution in [0.4, 0.5) is 11.4 Å². The third-order valence-corrected chi connectivity index (χ3v) is 3.64. The van der Waals surface area contributed by atoms with E-state index >= 15 is 0 Å². The van der Waals surface area contributed by atoms with Gasteiger partial charge in [-0.05, 0) is 30.3 Å². The van der Waals surface area contributed by atoms with E-state index in [2.05, 4.69) is 10.6 Å². The molecule has 3 rings (SSSR count). The van der Waals surface area contributed by atoms with Crippen LogP contribution in [0.3, 0.4) is 0 Å². The molecule has 0 fully saturated rings. The number of aliphatic hydroxyl groups excluding tert-OH is 1. The van der Waals surface area contributed by atoms with E-state index in [9.17, 15) is 19.5 Å². The minimum Gasteiger partial charge on any atom is -0.515 e. The van der Waals surface area contributed by atoms with Crippen LogP contribution in [0, 0.1) is 0 Å². The highest BCUT2D eigenvalue weighted by atomic mass is 16.2. The first-order valence-corrected chi connectivity index (χ1v) is 7.22. The predicted octanol–water partition coefficient (Wildman–Crippen LogP) is 2.73. The molecule has 3 N–H and O–H groups in total. The first-order chi connectivity index (χ1) is 11.5. The molecule has 2 amide bonds. The Morgan fingerprint density at radius 3 is 2.58 bits per heavy atom. The highest BCUT2D eigenvalue weighted by Gasteiger charge is 2.25. The molecule has 0 bridgehead atoms. The smallest absolute Gasteiger partial charge is 0.259 e. The van der Waals surface area contributed by atoms with Crippen molar-refractivity contribution < 1.29 is 19.5 Å². The molecule has 6 nitrogen and oxygen atoms in total. The Hall–Kier alpha value is -3.41. The summed E-state index contributed by atoms with van der Waals surface area (Å²) in [5.74, 6) is -0.883. The lowest BCUT2D eigenvalue weighted by Gasteiger charge is -2.07. The summed E-state index contributed by atoms with van der Waals surface area (Å²) < 4.78 is 0. The second kappa shape index (κ2) is 6.00. The minimum atomic E-state index is -0.412. The number of anilines is 2. The van der Waals surface area contributed by atoms with E-state index in [1.807, 2.05) is 0 Å². The van der Waals surface area contributed by atoms with Crippen LogP contribution in [0.15, 0.2) is 48.7 Å². The number of rotatable bonds is 3. The average Bonchev–Trinajstić information content (AvgIpc) is 2.87. The number of nitrogens with one attached hydrogen (secondary N) is 2. The summed E-state index contributed by atoms with van der Waals surface area (Å²) >= 11 is 0. The molecule has 2 aromatic carbocycles. The van der Waals surface area contributed by atoms with Gasteiger partial charge in [0.1, 0.15) is 0 Å². The van der Waals surface area contributed by atoms with Gasteiger partial charge in [0.25, 0.3) is 5.91 Å². The third kappa shape index (κ3) is 2.77. The molecule has 120 valence electrons. The van der Waals surface area contributed by atoms with Gasteiger partial charge >= 0.3 is 0 Å². The number of carbonyl (C=O) groups is 3. The largest absolute Gasteiger partial charge is 0.515 e. The number of carbonyl (C=O) groups excluding carboxylic acids is 3. The van der Waals surface area contributed by atoms with E-state index in [0.29, 0.717) is 28.1 Å². The zero-order chi connectivity index (χ0) is 17.3. The van der Waals surface area contributed by atoms with Crippen LogP contribution in [-0.4, -0.2) is 22.7 Å². The van der Waals surface area contributed by atoms with Crippen LogP contribution < -0.4 is 10.6 Å². The SMILES string of the molecule is CC(=O)Nc1cccc(C(=O)c2ccc3c(c2)C(=CO)C(=O)N3)c1. The zero-order valence-corrected chi connectivity index (χ0v) is 12.8. The van der Waals surface area contributed by atoms with Crippen LogP contribution in [0.5, 0.6) is 0 Å². The van der Waals surface area contributed by atoms with Gasteiger partial charge in [0.15, 0.2) is 5.78 Å². The van der Waals surface area contributed by atoms with Crippen molar-refractivity contribution in [1.82, 2.24) is 0 Å². The fourth-order valence-corrected chi connectivity index (χ4v) is 2.57. The zero-order valence-electron chi connectivity index (χ0n) is 12.8. The molecule has 24 heavy (non-hydrogen) atoms. The summed E-state index contributed by atoms with van der Waals surface area (Å²) in [5, 5.41) is 14.4. The Labute approximate surface area is 137 Å². The number of hydrogen-bond acceptors (Lipinski definition) is 4. The van der Waals surface area contributed by atoms with Crippen molar-refractivity contribution in [3.8, 4) is 0 Å². The lowest BCUT2D eigenvalue weighted by molar-refractivity contribution is -0.114. The van der Waals surface area contributed by atoms with Crippen molar-refractivity contribution in [3.05, 3.63) is 65.4 Å². The second-order valence-electron chi connectivity index (χ2n) is 5.35. The van der Waals surface area contributed by atoms with Gasteiger partial charge in [-0.25, -0.2) is 0 Å². The van der Waals surface area contributed by atoms with E-state index in [1.54, 1.807) is 42.5 Å². The molecular formula is C18H14N2O4. The number of amides is 2. The van der Waals surface area contributed by atoms with Gasteiger partial charge in [0, 0.05) is 35.0 Å². The van der Waals surface area contributed by atoms with Gasteiger partial charge in [-0.1, -0.05) is 12.1 Å². The molecule has 2 aromatic rings. The van der Waals surface area contributed by atoms with Gasteiger partial charge in [-0.15, -0.1) is 0 Å². The minimum absolute atomic E-state index is 0.117. The molecule has 1 aliphatic heterocycles. The first-order valence-electron chi connectivity index (χ1n) is 7.22. The highest BCUT2D eigenvalue weighted by Crippen LogP contribution is 2.32. The molecule has 0 saturated heterocycles. The number of ketones is 1. The van der Waals surface area contributed by atoms with Crippen molar-refractivity contribution in [2.45, 2.75) is 6.92 Å². The Morgan fingerprint density at radius 2 is 1.88 bits per heavy atom. The second-order valence-corrected chi connectivity index (χ2v) is 5.35. The van der Waals surface area contributed by atoms with Crippen molar-refractivity contribution in [1.29, 1.82) is 0 Å². The summed E-state index contributed by atoms with van der Waals surface area (Å²) in [5.41, 5.74) is 2.46. The molecule has 0 atom stereocenters. The van der Waals surface area contributed by atoms with E-state index in [-0.39, 0.29) is 17.3 Å². The van der Waals surface area contributed by atoms with Gasteiger partial charge < -0.3 is 15.7 Å². The maximum atomic E-state index is 12.7. The van der Waals surface area contributed by atoms with E-state index < -0.39 is 5.91 Å². The quantitative estimate of drug-likeness (QED) is 0.460. The third-order valence-electron chi connectivity index (χ3n) is 3.64. The molecule has 0 spiro atoms. The molecule has 1 aliphatic rings. The maximum absolute atomic E-state index is 12.7. The number of hydrogen-bond donors (Lipinski definition) is 3. The summed E-state index contributed by atoms with van der Waals surface area (Å²) in [7, 11) is 0. The van der Waals surface area contributed by atoms with Gasteiger partial charge in [-0.3, -0.25) is 14.4 Å². The van der Waals surface area contributed by atoms with E-state index in [1.165, 1.54) is 6.92 Å². The lowest BCUT2D eigenvalue weighted by Crippen LogP contribution is -2.07. The summed E-state index contributed by atoms with van der Waals surface area (Å²) in [6.45, 7) is 1.39. The standard InChI is InChI=1S/C18H14N2O4/c1-10(22)19-13-4-2-3-11(7-13)17(23)12-5-6-16-14(8-12)15(9-21)18(24)20-16/h2-9,21H,1H3,(H,19,22)(H,20,24). The lowest BCUT2D eigenvalue weighted by atomic mass is 9.98. The van der Waals surface area contributed by atoms with Crippen LogP contribution in [0.25, 0.3) is 5.57 Å². The van der Waals surface area contributed by atoms with Gasteiger partial charge in [-0.2, -0.15) is 0 Å². The predicted molar refractivity (Wildman–Crippen MR) is 89.9 cm³/mol. The number of benzene rings is 2. The molecule has 0 unspecified atom stereocenters. The normalized spacial score (nSPS) is 14.2. The van der Waals surface area contributed by atoms with Crippen LogP contribution in [-0.2, 0) is 9.59 Å². The fraction of sp³-hybridized carbons (Fsp3) is 0.0556. The summed E-state index contributed by atoms with van der Waals surface area (Å²) in [6, 6.07) is 11.4. The van der Waals surface area contributed by atoms with Crippen molar-refractivity contribution in [2.24, 2.45) is 0 Å². The molecule has 0 aliphatic carbocycles. The molecule has 0 saturated carbocycles. The Bertz CT molecular complexity index is 900. The monoisotopic (exact) mass is 322 g/mol. The summed E-state index contributed by atoms with van der Waals surface area (Å²) in [4.78, 5) is 35.5. The van der Waals surface area contributed by atoms with Crippen molar-refractivity contribution in [2.75, 3.05) is 10.6 Å². The van der Waals surface area contributed by atoms with Gasteiger partial charge in [0.05, 0.1) is 11.8 Å². The molecule has 1 heterocycles.